The lowest BCUT2D eigenvalue weighted by Crippen LogP contribution is -2.29. The number of aliphatic hydroxyl groups excluding tert-OH is 1. The van der Waals surface area contributed by atoms with Crippen molar-refractivity contribution in [3.63, 3.8) is 0 Å². The van der Waals surface area contributed by atoms with Gasteiger partial charge in [-0.1, -0.05) is 0 Å². The summed E-state index contributed by atoms with van der Waals surface area (Å²) in [6, 6.07) is 0. The van der Waals surface area contributed by atoms with Crippen molar-refractivity contribution in [1.29, 1.82) is 0 Å². The van der Waals surface area contributed by atoms with Crippen molar-refractivity contribution in [3.05, 3.63) is 0 Å². The fraction of sp³-hybridized carbons (Fsp3) is 1.00. The van der Waals surface area contributed by atoms with Crippen molar-refractivity contribution >= 4 is 0 Å². The van der Waals surface area contributed by atoms with Crippen LogP contribution >= 0.6 is 0 Å². The van der Waals surface area contributed by atoms with Gasteiger partial charge in [-0.25, -0.2) is 0 Å². The van der Waals surface area contributed by atoms with Crippen LogP contribution in [-0.4, -0.2) is 37.3 Å². The van der Waals surface area contributed by atoms with Crippen molar-refractivity contribution < 1.29 is 14.6 Å². The van der Waals surface area contributed by atoms with Crippen LogP contribution in [0.25, 0.3) is 0 Å². The van der Waals surface area contributed by atoms with E-state index in [0.717, 1.165) is 0 Å². The molecular weight excluding hydrogens is 146 g/mol. The molecule has 0 saturated heterocycles. The number of ether oxygens (including phenoxy) is 2. The molecule has 0 aromatic heterocycles. The molecule has 0 aliphatic heterocycles. The maximum atomic E-state index is 8.64. The molecule has 0 amide bonds. The molecular formula is C7H17NO3. The quantitative estimate of drug-likeness (QED) is 0.528. The Morgan fingerprint density at radius 1 is 1.45 bits per heavy atom. The van der Waals surface area contributed by atoms with Crippen molar-refractivity contribution in [2.24, 2.45) is 5.73 Å². The second kappa shape index (κ2) is 6.54. The van der Waals surface area contributed by atoms with Gasteiger partial charge in [-0.3, -0.25) is 0 Å². The highest BCUT2D eigenvalue weighted by Crippen LogP contribution is 1.91. The minimum Gasteiger partial charge on any atom is -0.379 e. The first-order chi connectivity index (χ1) is 5.16. The lowest BCUT2D eigenvalue weighted by molar-refractivity contribution is -0.0371. The van der Waals surface area contributed by atoms with Gasteiger partial charge in [0.25, 0.3) is 0 Å². The van der Waals surface area contributed by atoms with Gasteiger partial charge in [0, 0.05) is 6.61 Å². The third-order valence-corrected chi connectivity index (χ3v) is 1.11. The van der Waals surface area contributed by atoms with Crippen LogP contribution in [0.3, 0.4) is 0 Å². The van der Waals surface area contributed by atoms with Crippen molar-refractivity contribution in [2.75, 3.05) is 19.8 Å². The molecule has 2 atom stereocenters. The molecule has 0 aromatic carbocycles. The third kappa shape index (κ3) is 7.74. The van der Waals surface area contributed by atoms with Gasteiger partial charge in [-0.15, -0.1) is 0 Å². The zero-order valence-electron chi connectivity index (χ0n) is 7.12. The average molecular weight is 163 g/mol. The fourth-order valence-corrected chi connectivity index (χ4v) is 0.595. The largest absolute Gasteiger partial charge is 0.379 e. The highest BCUT2D eigenvalue weighted by molar-refractivity contribution is 4.48. The normalized spacial score (nSPS) is 16.4. The summed E-state index contributed by atoms with van der Waals surface area (Å²) in [6.45, 7) is 5.18. The number of nitrogens with two attached hydrogens (primary N) is 1. The first-order valence-electron chi connectivity index (χ1n) is 3.79. The monoisotopic (exact) mass is 163 g/mol. The van der Waals surface area contributed by atoms with E-state index in [1.54, 1.807) is 0 Å². The van der Waals surface area contributed by atoms with Gasteiger partial charge < -0.3 is 20.3 Å². The van der Waals surface area contributed by atoms with Crippen molar-refractivity contribution in [2.45, 2.75) is 26.2 Å². The summed E-state index contributed by atoms with van der Waals surface area (Å²) in [5.74, 6) is 0. The van der Waals surface area contributed by atoms with Crippen molar-refractivity contribution in [3.8, 4) is 0 Å². The highest BCUT2D eigenvalue weighted by atomic mass is 16.5. The van der Waals surface area contributed by atoms with E-state index in [2.05, 4.69) is 0 Å². The van der Waals surface area contributed by atoms with Crippen LogP contribution in [0.15, 0.2) is 0 Å². The van der Waals surface area contributed by atoms with E-state index in [1.165, 1.54) is 0 Å². The van der Waals surface area contributed by atoms with E-state index in [9.17, 15) is 0 Å². The molecule has 0 fully saturated rings. The summed E-state index contributed by atoms with van der Waals surface area (Å²) >= 11 is 0. The van der Waals surface area contributed by atoms with Gasteiger partial charge in [0.15, 0.2) is 0 Å². The lowest BCUT2D eigenvalue weighted by Gasteiger charge is -2.13. The van der Waals surface area contributed by atoms with E-state index < -0.39 is 6.23 Å². The molecule has 4 nitrogen and oxygen atoms in total. The van der Waals surface area contributed by atoms with Crippen LogP contribution in [0.5, 0.6) is 0 Å². The SMILES string of the molecule is CCOCC(C)OCC(N)O. The molecule has 0 spiro atoms. The number of hydrogen-bond acceptors (Lipinski definition) is 4. The summed E-state index contributed by atoms with van der Waals surface area (Å²) in [7, 11) is 0. The molecule has 0 saturated carbocycles. The molecule has 0 aliphatic rings. The summed E-state index contributed by atoms with van der Waals surface area (Å²) < 4.78 is 10.2. The Balaban J connectivity index is 3.15. The van der Waals surface area contributed by atoms with Gasteiger partial charge >= 0.3 is 0 Å². The van der Waals surface area contributed by atoms with Gasteiger partial charge in [-0.2, -0.15) is 0 Å². The average Bonchev–Trinajstić information content (AvgIpc) is 1.97. The molecule has 11 heavy (non-hydrogen) atoms. The zero-order chi connectivity index (χ0) is 8.69. The maximum absolute atomic E-state index is 8.64. The maximum Gasteiger partial charge on any atom is 0.126 e. The smallest absolute Gasteiger partial charge is 0.126 e. The molecule has 0 bridgehead atoms. The summed E-state index contributed by atoms with van der Waals surface area (Å²) in [4.78, 5) is 0. The molecule has 4 heteroatoms. The molecule has 2 unspecified atom stereocenters. The Bertz CT molecular complexity index is 87.8. The van der Waals surface area contributed by atoms with Gasteiger partial charge in [0.2, 0.25) is 0 Å². The second-order valence-corrected chi connectivity index (χ2v) is 2.37. The summed E-state index contributed by atoms with van der Waals surface area (Å²) in [5.41, 5.74) is 5.06. The molecule has 0 aliphatic carbocycles. The van der Waals surface area contributed by atoms with E-state index >= 15 is 0 Å². The Kier molecular flexibility index (Phi) is 6.45. The van der Waals surface area contributed by atoms with E-state index in [1.807, 2.05) is 13.8 Å². The van der Waals surface area contributed by atoms with Crippen LogP contribution in [0, 0.1) is 0 Å². The molecule has 3 N–H and O–H groups in total. The van der Waals surface area contributed by atoms with Gasteiger partial charge in [-0.05, 0) is 13.8 Å². The van der Waals surface area contributed by atoms with Crippen LogP contribution in [0.1, 0.15) is 13.8 Å². The minimum absolute atomic E-state index is 0.00634. The number of aliphatic hydroxyl groups is 1. The molecule has 68 valence electrons. The lowest BCUT2D eigenvalue weighted by atomic mass is 10.4. The van der Waals surface area contributed by atoms with E-state index in [4.69, 9.17) is 20.3 Å². The van der Waals surface area contributed by atoms with E-state index in [-0.39, 0.29) is 12.7 Å². The first kappa shape index (κ1) is 10.8. The standard InChI is InChI=1S/C7H17NO3/c1-3-10-4-6(2)11-5-7(8)9/h6-7,9H,3-5,8H2,1-2H3. The molecule has 0 rings (SSSR count). The number of hydrogen-bond donors (Lipinski definition) is 2. The summed E-state index contributed by atoms with van der Waals surface area (Å²) in [6.07, 6.45) is -0.896. The predicted octanol–water partition coefficient (Wildman–Crippen LogP) is -0.295. The van der Waals surface area contributed by atoms with Crippen LogP contribution in [-0.2, 0) is 9.47 Å². The Morgan fingerprint density at radius 3 is 2.55 bits per heavy atom. The van der Waals surface area contributed by atoms with E-state index in [0.29, 0.717) is 13.2 Å². The Morgan fingerprint density at radius 2 is 2.09 bits per heavy atom. The molecule has 0 heterocycles. The van der Waals surface area contributed by atoms with Gasteiger partial charge in [0.1, 0.15) is 6.23 Å². The van der Waals surface area contributed by atoms with Crippen LogP contribution < -0.4 is 5.73 Å². The summed E-state index contributed by atoms with van der Waals surface area (Å²) in [5, 5.41) is 8.64. The minimum atomic E-state index is -0.890. The predicted molar refractivity (Wildman–Crippen MR) is 42.1 cm³/mol. The number of rotatable bonds is 6. The zero-order valence-corrected chi connectivity index (χ0v) is 7.12. The third-order valence-electron chi connectivity index (χ3n) is 1.11. The molecule has 0 radical (unpaired) electrons. The topological polar surface area (TPSA) is 64.7 Å². The fourth-order valence-electron chi connectivity index (χ4n) is 0.595. The van der Waals surface area contributed by atoms with Crippen LogP contribution in [0.4, 0.5) is 0 Å². The highest BCUT2D eigenvalue weighted by Gasteiger charge is 2.03. The Hall–Kier alpha value is -0.160. The van der Waals surface area contributed by atoms with Gasteiger partial charge in [0.05, 0.1) is 19.3 Å². The first-order valence-corrected chi connectivity index (χ1v) is 3.79. The van der Waals surface area contributed by atoms with Crippen molar-refractivity contribution in [1.82, 2.24) is 0 Å². The molecule has 0 aromatic rings. The second-order valence-electron chi connectivity index (χ2n) is 2.37. The van der Waals surface area contributed by atoms with Crippen LogP contribution in [0.2, 0.25) is 0 Å². The Labute approximate surface area is 67.3 Å².